The molecule has 2 heterocycles. The van der Waals surface area contributed by atoms with Crippen molar-refractivity contribution in [2.75, 3.05) is 11.9 Å². The number of carbonyl (C=O) groups is 2. The van der Waals surface area contributed by atoms with Crippen LogP contribution in [0.15, 0.2) is 98.7 Å². The normalized spacial score (nSPS) is 18.8. The lowest BCUT2D eigenvalue weighted by Crippen LogP contribution is -2.29. The van der Waals surface area contributed by atoms with E-state index in [4.69, 9.17) is 4.99 Å². The van der Waals surface area contributed by atoms with Crippen molar-refractivity contribution < 1.29 is 9.59 Å². The molecule has 0 bridgehead atoms. The molecule has 1 fully saturated rings. The van der Waals surface area contributed by atoms with Crippen LogP contribution in [0.1, 0.15) is 22.8 Å². The average Bonchev–Trinajstić information content (AvgIpc) is 3.31. The zero-order valence-corrected chi connectivity index (χ0v) is 19.8. The fraction of sp³-hybridized carbons (Fsp3) is 0.115. The number of amides is 1. The molecule has 5 rings (SSSR count). The van der Waals surface area contributed by atoms with Gasteiger partial charge in [-0.25, -0.2) is 4.99 Å². The predicted octanol–water partition coefficient (Wildman–Crippen LogP) is 6.06. The molecule has 7 heteroatoms. The highest BCUT2D eigenvalue weighted by Crippen LogP contribution is 2.50. The Morgan fingerprint density at radius 1 is 0.939 bits per heavy atom. The summed E-state index contributed by atoms with van der Waals surface area (Å²) in [5.41, 5.74) is 3.37. The molecular weight excluding hydrogens is 450 g/mol. The van der Waals surface area contributed by atoms with Gasteiger partial charge in [0, 0.05) is 17.5 Å². The molecule has 0 spiro atoms. The molecule has 1 saturated heterocycles. The number of aliphatic imine (C=N–C) groups is 1. The summed E-state index contributed by atoms with van der Waals surface area (Å²) >= 11 is 2.99. The van der Waals surface area contributed by atoms with Gasteiger partial charge in [-0.05, 0) is 48.5 Å². The average molecular weight is 472 g/mol. The van der Waals surface area contributed by atoms with E-state index in [9.17, 15) is 9.59 Å². The Hall–Kier alpha value is -3.29. The van der Waals surface area contributed by atoms with Crippen LogP contribution in [-0.4, -0.2) is 28.8 Å². The van der Waals surface area contributed by atoms with Gasteiger partial charge in [0.25, 0.3) is 5.91 Å². The third kappa shape index (κ3) is 4.21. The first kappa shape index (κ1) is 21.6. The van der Waals surface area contributed by atoms with E-state index in [1.165, 1.54) is 18.7 Å². The second kappa shape index (κ2) is 8.92. The molecule has 3 aromatic rings. The molecule has 2 aliphatic heterocycles. The van der Waals surface area contributed by atoms with E-state index >= 15 is 0 Å². The van der Waals surface area contributed by atoms with Crippen molar-refractivity contribution in [3.05, 3.63) is 99.9 Å². The quantitative estimate of drug-likeness (QED) is 0.342. The van der Waals surface area contributed by atoms with Crippen molar-refractivity contribution in [2.24, 2.45) is 4.99 Å². The monoisotopic (exact) mass is 471 g/mol. The summed E-state index contributed by atoms with van der Waals surface area (Å²) in [5.74, 6) is -0.0784. The number of nitrogens with zero attached hydrogens (tertiary/aromatic N) is 3. The van der Waals surface area contributed by atoms with E-state index in [1.807, 2.05) is 61.6 Å². The maximum atomic E-state index is 13.6. The highest BCUT2D eigenvalue weighted by Gasteiger charge is 2.39. The number of ketones is 1. The second-order valence-corrected chi connectivity index (χ2v) is 9.75. The van der Waals surface area contributed by atoms with Crippen LogP contribution < -0.4 is 4.90 Å². The van der Waals surface area contributed by atoms with Gasteiger partial charge in [-0.1, -0.05) is 66.4 Å². The highest BCUT2D eigenvalue weighted by molar-refractivity contribution is 8.19. The summed E-state index contributed by atoms with van der Waals surface area (Å²) < 4.78 is 0. The van der Waals surface area contributed by atoms with Gasteiger partial charge in [-0.15, -0.1) is 0 Å². The Morgan fingerprint density at radius 3 is 2.45 bits per heavy atom. The van der Waals surface area contributed by atoms with Crippen LogP contribution in [-0.2, 0) is 11.3 Å². The number of amidine groups is 1. The smallest absolute Gasteiger partial charge is 0.269 e. The number of thioether (sulfide) groups is 2. The zero-order chi connectivity index (χ0) is 22.9. The Morgan fingerprint density at radius 2 is 1.70 bits per heavy atom. The molecule has 0 aromatic heterocycles. The molecule has 2 aliphatic rings. The summed E-state index contributed by atoms with van der Waals surface area (Å²) in [6.07, 6.45) is 0. The minimum atomic E-state index is -0.0625. The van der Waals surface area contributed by atoms with Crippen molar-refractivity contribution in [1.29, 1.82) is 0 Å². The number of anilines is 1. The molecule has 164 valence electrons. The maximum absolute atomic E-state index is 13.6. The third-order valence-electron chi connectivity index (χ3n) is 5.46. The van der Waals surface area contributed by atoms with Crippen LogP contribution >= 0.6 is 23.5 Å². The van der Waals surface area contributed by atoms with Gasteiger partial charge in [0.05, 0.1) is 22.9 Å². The van der Waals surface area contributed by atoms with Crippen molar-refractivity contribution >= 4 is 51.8 Å². The molecule has 0 atom stereocenters. The number of Topliss-reactive ketones (excluding diaryl/α,β-unsaturated/α-hetero) is 1. The van der Waals surface area contributed by atoms with Crippen LogP contribution in [0.5, 0.6) is 0 Å². The molecule has 0 aliphatic carbocycles. The molecule has 3 aromatic carbocycles. The highest BCUT2D eigenvalue weighted by atomic mass is 32.2. The lowest BCUT2D eigenvalue weighted by atomic mass is 10.1. The first-order valence-corrected chi connectivity index (χ1v) is 12.1. The summed E-state index contributed by atoms with van der Waals surface area (Å²) in [5, 5.41) is 1.52. The van der Waals surface area contributed by atoms with Crippen LogP contribution in [0.4, 0.5) is 11.4 Å². The number of hydrogen-bond acceptors (Lipinski definition) is 6. The predicted molar refractivity (Wildman–Crippen MR) is 136 cm³/mol. The van der Waals surface area contributed by atoms with Crippen molar-refractivity contribution in [2.45, 2.75) is 18.4 Å². The molecular formula is C26H21N3O2S2. The minimum Gasteiger partial charge on any atom is -0.337 e. The molecule has 0 unspecified atom stereocenters. The molecule has 0 radical (unpaired) electrons. The summed E-state index contributed by atoms with van der Waals surface area (Å²) in [4.78, 5) is 35.9. The number of hydrogen-bond donors (Lipinski definition) is 0. The van der Waals surface area contributed by atoms with Crippen LogP contribution in [0.3, 0.4) is 0 Å². The first-order valence-electron chi connectivity index (χ1n) is 10.5. The molecule has 1 amide bonds. The zero-order valence-electron chi connectivity index (χ0n) is 18.2. The first-order chi connectivity index (χ1) is 16.0. The van der Waals surface area contributed by atoms with Gasteiger partial charge < -0.3 is 4.90 Å². The fourth-order valence-corrected chi connectivity index (χ4v) is 6.07. The molecule has 5 nitrogen and oxygen atoms in total. The van der Waals surface area contributed by atoms with Crippen molar-refractivity contribution in [1.82, 2.24) is 4.90 Å². The van der Waals surface area contributed by atoms with Crippen LogP contribution in [0.25, 0.3) is 0 Å². The van der Waals surface area contributed by atoms with E-state index in [0.29, 0.717) is 27.9 Å². The van der Waals surface area contributed by atoms with Crippen LogP contribution in [0.2, 0.25) is 0 Å². The second-order valence-electron chi connectivity index (χ2n) is 7.74. The number of carbonyl (C=O) groups excluding carboxylic acids is 2. The van der Waals surface area contributed by atoms with Gasteiger partial charge in [0.15, 0.2) is 11.0 Å². The van der Waals surface area contributed by atoms with E-state index < -0.39 is 0 Å². The van der Waals surface area contributed by atoms with Crippen molar-refractivity contribution in [3.8, 4) is 0 Å². The van der Waals surface area contributed by atoms with Gasteiger partial charge in [0.1, 0.15) is 4.91 Å². The lowest BCUT2D eigenvalue weighted by Gasteiger charge is -2.17. The van der Waals surface area contributed by atoms with E-state index in [-0.39, 0.29) is 11.7 Å². The van der Waals surface area contributed by atoms with E-state index in [1.54, 1.807) is 28.8 Å². The Labute approximate surface area is 201 Å². The summed E-state index contributed by atoms with van der Waals surface area (Å²) in [6, 6.07) is 25.2. The fourth-order valence-electron chi connectivity index (χ4n) is 3.73. The lowest BCUT2D eigenvalue weighted by molar-refractivity contribution is -0.122. The largest absolute Gasteiger partial charge is 0.337 e. The van der Waals surface area contributed by atoms with Gasteiger partial charge >= 0.3 is 0 Å². The van der Waals surface area contributed by atoms with Gasteiger partial charge in [-0.3, -0.25) is 14.5 Å². The standard InChI is InChI=1S/C26H21N3O2S2/c1-17(30)19-11-8-12-20(15-19)27-26-29(16-18-9-4-3-5-10-18)24(31)23(33-26)25-28(2)21-13-6-7-14-22(21)32-25/h3-15H,16H2,1-2H3/b25-23-,27-26+. The van der Waals surface area contributed by atoms with Crippen LogP contribution in [0, 0.1) is 0 Å². The summed E-state index contributed by atoms with van der Waals surface area (Å²) in [7, 11) is 1.99. The molecule has 0 N–H and O–H groups in total. The third-order valence-corrected chi connectivity index (χ3v) is 7.89. The van der Waals surface area contributed by atoms with Gasteiger partial charge in [-0.2, -0.15) is 0 Å². The SMILES string of the molecule is CC(=O)c1cccc(/N=C2/S/C(=C3\Sc4ccccc4N3C)C(=O)N2Cc2ccccc2)c1. The number of para-hydroxylation sites is 1. The van der Waals surface area contributed by atoms with E-state index in [0.717, 1.165) is 21.2 Å². The number of fused-ring (bicyclic) bond motifs is 1. The maximum Gasteiger partial charge on any atom is 0.269 e. The van der Waals surface area contributed by atoms with Crippen molar-refractivity contribution in [3.63, 3.8) is 0 Å². The summed E-state index contributed by atoms with van der Waals surface area (Å²) in [6.45, 7) is 1.96. The topological polar surface area (TPSA) is 53.0 Å². The molecule has 0 saturated carbocycles. The van der Waals surface area contributed by atoms with Gasteiger partial charge in [0.2, 0.25) is 0 Å². The minimum absolute atomic E-state index is 0.0158. The Balaban J connectivity index is 1.56. The molecule has 33 heavy (non-hydrogen) atoms. The number of benzene rings is 3. The Bertz CT molecular complexity index is 1320. The van der Waals surface area contributed by atoms with E-state index in [2.05, 4.69) is 17.0 Å². The Kier molecular flexibility index (Phi) is 5.83. The number of rotatable bonds is 4.